The van der Waals surface area contributed by atoms with E-state index in [1.165, 1.54) is 11.3 Å². The van der Waals surface area contributed by atoms with Crippen LogP contribution < -0.4 is 15.4 Å². The molecule has 2 N–H and O–H groups in total. The molecule has 0 saturated carbocycles. The van der Waals surface area contributed by atoms with Crippen LogP contribution >= 0.6 is 23.1 Å². The zero-order valence-electron chi connectivity index (χ0n) is 25.0. The van der Waals surface area contributed by atoms with E-state index in [-0.39, 0.29) is 11.8 Å². The van der Waals surface area contributed by atoms with Crippen molar-refractivity contribution in [3.63, 3.8) is 0 Å². The fourth-order valence-corrected chi connectivity index (χ4v) is 6.92. The Hall–Kier alpha value is -3.46. The van der Waals surface area contributed by atoms with E-state index in [1.54, 1.807) is 35.6 Å². The molecule has 0 radical (unpaired) electrons. The van der Waals surface area contributed by atoms with Gasteiger partial charge in [0.25, 0.3) is 5.91 Å². The third kappa shape index (κ3) is 8.13. The Morgan fingerprint density at radius 2 is 1.74 bits per heavy atom. The van der Waals surface area contributed by atoms with Gasteiger partial charge in [-0.3, -0.25) is 14.5 Å². The van der Waals surface area contributed by atoms with Crippen LogP contribution in [0.1, 0.15) is 28.7 Å². The number of carbonyl (C=O) groups excluding carboxylic acids is 2. The quantitative estimate of drug-likeness (QED) is 0.344. The number of benzene rings is 1. The fourth-order valence-electron chi connectivity index (χ4n) is 4.97. The van der Waals surface area contributed by atoms with Crippen LogP contribution in [-0.2, 0) is 9.53 Å². The van der Waals surface area contributed by atoms with Gasteiger partial charge in [0.05, 0.1) is 36.3 Å². The van der Waals surface area contributed by atoms with Gasteiger partial charge in [-0.05, 0) is 31.5 Å². The number of aryl methyl sites for hydroxylation is 2. The molecule has 12 nitrogen and oxygen atoms in total. The second-order valence-corrected chi connectivity index (χ2v) is 12.8. The molecule has 3 aromatic rings. The van der Waals surface area contributed by atoms with Crippen LogP contribution in [0.15, 0.2) is 33.5 Å². The summed E-state index contributed by atoms with van der Waals surface area (Å²) in [7, 11) is 1.58. The molecule has 2 aliphatic rings. The van der Waals surface area contributed by atoms with Gasteiger partial charge < -0.3 is 29.9 Å². The maximum absolute atomic E-state index is 13.5. The molecule has 5 rings (SSSR count). The summed E-state index contributed by atoms with van der Waals surface area (Å²) in [6.07, 6.45) is 1.82. The maximum atomic E-state index is 13.5. The zero-order chi connectivity index (χ0) is 30.3. The average molecular weight is 627 g/mol. The number of ether oxygens (including phenoxy) is 2. The van der Waals surface area contributed by atoms with Gasteiger partial charge in [-0.15, -0.1) is 0 Å². The normalized spacial score (nSPS) is 15.8. The maximum Gasteiger partial charge on any atom is 0.257 e. The highest BCUT2D eigenvalue weighted by Crippen LogP contribution is 2.39. The van der Waals surface area contributed by atoms with E-state index in [1.807, 2.05) is 38.2 Å². The number of morpholine rings is 1. The van der Waals surface area contributed by atoms with Crippen LogP contribution in [0.3, 0.4) is 0 Å². The van der Waals surface area contributed by atoms with Gasteiger partial charge in [0.2, 0.25) is 5.91 Å². The van der Waals surface area contributed by atoms with Crippen molar-refractivity contribution in [1.29, 1.82) is 0 Å². The van der Waals surface area contributed by atoms with Gasteiger partial charge in [-0.25, -0.2) is 15.0 Å². The van der Waals surface area contributed by atoms with Crippen LogP contribution in [0.25, 0.3) is 0 Å². The van der Waals surface area contributed by atoms with Gasteiger partial charge in [-0.2, -0.15) is 0 Å². The van der Waals surface area contributed by atoms with Crippen molar-refractivity contribution < 1.29 is 19.1 Å². The Labute approximate surface area is 260 Å². The number of carbonyl (C=O) groups is 2. The van der Waals surface area contributed by atoms with E-state index < -0.39 is 0 Å². The second kappa shape index (κ2) is 14.3. The van der Waals surface area contributed by atoms with Crippen molar-refractivity contribution in [3.8, 4) is 5.75 Å². The molecule has 43 heavy (non-hydrogen) atoms. The van der Waals surface area contributed by atoms with Crippen LogP contribution in [0, 0.1) is 13.8 Å². The van der Waals surface area contributed by atoms with Crippen LogP contribution in [0.2, 0.25) is 0 Å². The van der Waals surface area contributed by atoms with E-state index in [0.29, 0.717) is 54.3 Å². The third-order valence-electron chi connectivity index (χ3n) is 7.35. The Bertz CT molecular complexity index is 1440. The topological polar surface area (TPSA) is 125 Å². The largest absolute Gasteiger partial charge is 0.496 e. The minimum Gasteiger partial charge on any atom is -0.496 e. The van der Waals surface area contributed by atoms with Crippen molar-refractivity contribution in [2.24, 2.45) is 0 Å². The van der Waals surface area contributed by atoms with Gasteiger partial charge in [0, 0.05) is 70.2 Å². The summed E-state index contributed by atoms with van der Waals surface area (Å²) >= 11 is 3.07. The third-order valence-corrected chi connectivity index (χ3v) is 9.52. The van der Waals surface area contributed by atoms with Crippen molar-refractivity contribution >= 4 is 51.7 Å². The number of rotatable bonds is 10. The molecular weight excluding hydrogens is 589 g/mol. The number of anilines is 3. The fraction of sp³-hybridized carbons (Fsp3) is 0.483. The molecule has 2 saturated heterocycles. The van der Waals surface area contributed by atoms with Gasteiger partial charge in [0.1, 0.15) is 23.2 Å². The number of aromatic nitrogens is 3. The molecule has 2 aromatic heterocycles. The number of thiazole rings is 1. The molecule has 0 aliphatic carbocycles. The summed E-state index contributed by atoms with van der Waals surface area (Å²) in [6, 6.07) is 5.69. The molecule has 14 heteroatoms. The lowest BCUT2D eigenvalue weighted by molar-refractivity contribution is -0.130. The molecule has 0 unspecified atom stereocenters. The predicted molar refractivity (Wildman–Crippen MR) is 168 cm³/mol. The summed E-state index contributed by atoms with van der Waals surface area (Å²) in [4.78, 5) is 45.7. The lowest BCUT2D eigenvalue weighted by Crippen LogP contribution is -2.50. The van der Waals surface area contributed by atoms with Crippen LogP contribution in [-0.4, -0.2) is 114 Å². The second-order valence-electron chi connectivity index (χ2n) is 10.4. The SMILES string of the molecule is COc1cc(C)c(Sc2cnc(Nc3cc(NCCN4CCOCC4)nc(C)n3)s2)cc1C(=O)N1CCN(C(C)=O)CC1. The minimum atomic E-state index is -0.0953. The van der Waals surface area contributed by atoms with Crippen LogP contribution in [0.4, 0.5) is 16.8 Å². The lowest BCUT2D eigenvalue weighted by Gasteiger charge is -2.34. The smallest absolute Gasteiger partial charge is 0.257 e. The summed E-state index contributed by atoms with van der Waals surface area (Å²) in [5, 5.41) is 7.43. The van der Waals surface area contributed by atoms with E-state index >= 15 is 0 Å². The van der Waals surface area contributed by atoms with Crippen LogP contribution in [0.5, 0.6) is 5.75 Å². The number of nitrogens with one attached hydrogen (secondary N) is 2. The summed E-state index contributed by atoms with van der Waals surface area (Å²) < 4.78 is 12.0. The highest BCUT2D eigenvalue weighted by Gasteiger charge is 2.26. The number of hydrogen-bond acceptors (Lipinski definition) is 12. The molecule has 2 aliphatic heterocycles. The summed E-state index contributed by atoms with van der Waals surface area (Å²) in [6.45, 7) is 12.7. The first-order valence-electron chi connectivity index (χ1n) is 14.3. The highest BCUT2D eigenvalue weighted by atomic mass is 32.2. The van der Waals surface area contributed by atoms with Gasteiger partial charge in [0.15, 0.2) is 5.13 Å². The number of hydrogen-bond donors (Lipinski definition) is 2. The molecule has 2 fully saturated rings. The van der Waals surface area contributed by atoms with E-state index in [9.17, 15) is 9.59 Å². The van der Waals surface area contributed by atoms with Gasteiger partial charge in [-0.1, -0.05) is 23.1 Å². The summed E-state index contributed by atoms with van der Waals surface area (Å²) in [5.41, 5.74) is 1.52. The highest BCUT2D eigenvalue weighted by molar-refractivity contribution is 8.01. The van der Waals surface area contributed by atoms with E-state index in [2.05, 4.69) is 30.5 Å². The van der Waals surface area contributed by atoms with Gasteiger partial charge >= 0.3 is 0 Å². The van der Waals surface area contributed by atoms with Crippen molar-refractivity contribution in [2.75, 3.05) is 83.3 Å². The van der Waals surface area contributed by atoms with Crippen molar-refractivity contribution in [3.05, 3.63) is 41.3 Å². The standard InChI is InChI=1S/C29H38N8O4S2/c1-19-15-23(40-4)22(28(39)37-9-7-36(8-10-37)21(3)38)16-24(19)42-27-18-31-29(43-27)34-26-17-25(32-20(2)33-26)30-5-6-35-11-13-41-14-12-35/h15-18H,5-14H2,1-4H3,(H2,30,31,32,33,34). The molecule has 0 bridgehead atoms. The van der Waals surface area contributed by atoms with Crippen molar-refractivity contribution in [1.82, 2.24) is 29.7 Å². The molecule has 230 valence electrons. The monoisotopic (exact) mass is 626 g/mol. The Morgan fingerprint density at radius 3 is 2.47 bits per heavy atom. The number of methoxy groups -OCH3 is 1. The number of piperazine rings is 1. The predicted octanol–water partition coefficient (Wildman–Crippen LogP) is 3.50. The Kier molecular flexibility index (Phi) is 10.3. The molecule has 4 heterocycles. The molecule has 0 atom stereocenters. The lowest BCUT2D eigenvalue weighted by atomic mass is 10.1. The first-order chi connectivity index (χ1) is 20.8. The first kappa shape index (κ1) is 31.0. The number of nitrogens with zero attached hydrogens (tertiary/aromatic N) is 6. The van der Waals surface area contributed by atoms with E-state index in [0.717, 1.165) is 59.9 Å². The Morgan fingerprint density at radius 1 is 1.02 bits per heavy atom. The first-order valence-corrected chi connectivity index (χ1v) is 16.0. The van der Waals surface area contributed by atoms with E-state index in [4.69, 9.17) is 9.47 Å². The van der Waals surface area contributed by atoms with Crippen molar-refractivity contribution in [2.45, 2.75) is 29.9 Å². The molecule has 1 aromatic carbocycles. The summed E-state index contributed by atoms with van der Waals surface area (Å²) in [5.74, 6) is 2.58. The minimum absolute atomic E-state index is 0.0311. The average Bonchev–Trinajstić information content (AvgIpc) is 3.44. The zero-order valence-corrected chi connectivity index (χ0v) is 26.6. The molecule has 2 amide bonds. The number of amides is 2. The molecule has 0 spiro atoms. The Balaban J connectivity index is 1.23. The molecular formula is C29H38N8O4S2.